The van der Waals surface area contributed by atoms with Crippen molar-refractivity contribution in [2.24, 2.45) is 26.3 Å². The van der Waals surface area contributed by atoms with Crippen LogP contribution in [0.2, 0.25) is 0 Å². The molecule has 33 heteroatoms. The van der Waals surface area contributed by atoms with E-state index in [-0.39, 0.29) is 117 Å². The van der Waals surface area contributed by atoms with Crippen LogP contribution in [0.15, 0.2) is 168 Å². The third kappa shape index (κ3) is 26.2. The van der Waals surface area contributed by atoms with Crippen LogP contribution in [0.25, 0.3) is 0 Å². The zero-order valence-electron chi connectivity index (χ0n) is 47.2. The van der Waals surface area contributed by atoms with Crippen molar-refractivity contribution in [1.82, 2.24) is 24.9 Å². The second-order valence-electron chi connectivity index (χ2n) is 14.4. The van der Waals surface area contributed by atoms with E-state index in [9.17, 15) is 29.8 Å². The molecule has 82 heavy (non-hydrogen) atoms. The van der Waals surface area contributed by atoms with E-state index in [1.165, 1.54) is 145 Å². The number of nitrogens with one attached hydrogen (secondary N) is 2. The third-order valence-electron chi connectivity index (χ3n) is 9.45. The third-order valence-corrected chi connectivity index (χ3v) is 13.1. The Morgan fingerprint density at radius 3 is 1.72 bits per heavy atom. The molecule has 6 rings (SSSR count). The second kappa shape index (κ2) is 47.2. The van der Waals surface area contributed by atoms with Gasteiger partial charge in [-0.2, -0.15) is 25.5 Å². The zero-order valence-corrected chi connectivity index (χ0v) is 62.7. The molecule has 410 valence electrons. The van der Waals surface area contributed by atoms with E-state index in [1.54, 1.807) is 32.1 Å². The number of carbonyl (C=O) groups excluding carboxylic acids is 2. The Morgan fingerprint density at radius 1 is 0.768 bits per heavy atom. The van der Waals surface area contributed by atoms with Crippen LogP contribution in [0.5, 0.6) is 17.8 Å². The summed E-state index contributed by atoms with van der Waals surface area (Å²) in [7, 11) is -3.08. The van der Waals surface area contributed by atoms with Gasteiger partial charge in [-0.1, -0.05) is 135 Å². The molecule has 6 N–H and O–H groups in total. The van der Waals surface area contributed by atoms with Gasteiger partial charge < -0.3 is 36.7 Å². The van der Waals surface area contributed by atoms with E-state index in [0.717, 1.165) is 20.8 Å². The van der Waals surface area contributed by atoms with Crippen LogP contribution in [0, 0.1) is 25.8 Å². The van der Waals surface area contributed by atoms with E-state index in [2.05, 4.69) is 76.2 Å². The van der Waals surface area contributed by atoms with Crippen LogP contribution in [-0.2, 0) is 16.0 Å². The van der Waals surface area contributed by atoms with Gasteiger partial charge >= 0.3 is 213 Å². The fourth-order valence-electron chi connectivity index (χ4n) is 6.43. The van der Waals surface area contributed by atoms with Crippen LogP contribution in [0.3, 0.4) is 0 Å². The van der Waals surface area contributed by atoms with Crippen molar-refractivity contribution in [3.8, 4) is 17.8 Å². The molecule has 0 aliphatic carbocycles. The second-order valence-corrected chi connectivity index (χ2v) is 17.4. The molecule has 0 spiro atoms. The molecule has 0 aliphatic rings. The number of pyridine rings is 1. The molecular formula is C49H58K5N16O11P. The molecule has 0 bridgehead atoms. The number of carbonyl (C=O) groups is 2. The fourth-order valence-corrected chi connectivity index (χ4v) is 9.91. The van der Waals surface area contributed by atoms with Gasteiger partial charge in [0.05, 0.1) is 43.3 Å². The number of hydrogen-bond donors (Lipinski definition) is 4. The molecule has 0 atom stereocenters. The first-order chi connectivity index (χ1) is 38.8. The van der Waals surface area contributed by atoms with Gasteiger partial charge in [-0.15, -0.1) is 6.58 Å². The fraction of sp³-hybridized carbons (Fsp3) is 0.204. The van der Waals surface area contributed by atoms with Crippen LogP contribution in [-0.4, -0.2) is 206 Å². The standard InChI is InChI=1S/C38H37N6O6P.C10H13N5O5.CH4.5K.H3N5.H/c1-4-7-27-49-33-24-17-25-39-32(33)28-43(38(45)48-6-3)36-34(44(46)47)35(40-37(41-36)50-26-5-2)42-51(29-18-11-8-12-19-29,30-20-13-9-14-21-30)31-22-15-10-16-23-31;1-3-5-20-9-12-7(11)6(15(17)18)8(13-9)14-10(16)19-4-2;;;;;;;1-3-5-4-2;/h4-5,8-25H,1-2,6-7,26-28H2,3H3;3H,1,4-5H2,2H3,(H3,11,12,13,14,16);1H4;;;;;;(H3,1,2,5);/q;;;;;;;+1;;-1. The monoisotopic (exact) mass is 1270 g/mol. The Labute approximate surface area is 609 Å². The van der Waals surface area contributed by atoms with Crippen molar-refractivity contribution >= 4 is 196 Å². The molecule has 2 amide bonds. The Hall–Kier alpha value is -1.86. The van der Waals surface area contributed by atoms with Gasteiger partial charge in [-0.05, 0) is 42.8 Å². The quantitative estimate of drug-likeness (QED) is 0.00972. The van der Waals surface area contributed by atoms with Crippen molar-refractivity contribution in [3.05, 3.63) is 173 Å². The van der Waals surface area contributed by atoms with Gasteiger partial charge in [0.15, 0.2) is 0 Å². The number of aromatic nitrogens is 5. The van der Waals surface area contributed by atoms with Gasteiger partial charge in [0, 0.05) is 22.1 Å². The van der Waals surface area contributed by atoms with Crippen molar-refractivity contribution in [1.29, 1.82) is 5.53 Å². The minimum absolute atomic E-state index is 0. The number of nitrogens with two attached hydrogens (primary N) is 2. The van der Waals surface area contributed by atoms with Crippen LogP contribution >= 0.6 is 7.05 Å². The van der Waals surface area contributed by atoms with Crippen molar-refractivity contribution in [3.63, 3.8) is 0 Å². The Morgan fingerprint density at radius 2 is 1.28 bits per heavy atom. The van der Waals surface area contributed by atoms with Gasteiger partial charge in [-0.25, -0.2) is 19.2 Å². The molecule has 0 fully saturated rings. The predicted molar refractivity (Wildman–Crippen MR) is 314 cm³/mol. The summed E-state index contributed by atoms with van der Waals surface area (Å²) in [5.41, 5.74) is 10.4. The number of rotatable bonds is 23. The number of benzene rings is 3. The maximum atomic E-state index is 13.7. The first-order valence-corrected chi connectivity index (χ1v) is 58.2. The molecule has 0 saturated carbocycles. The molecule has 0 unspecified atom stereocenters. The predicted octanol–water partition coefficient (Wildman–Crippen LogP) is 4.86. The molecule has 0 aliphatic heterocycles. The van der Waals surface area contributed by atoms with E-state index in [4.69, 9.17) is 35.0 Å². The molecule has 0 saturated heterocycles. The van der Waals surface area contributed by atoms with Gasteiger partial charge in [0.1, 0.15) is 24.7 Å². The first-order valence-electron chi connectivity index (χ1n) is 24.5. The number of nitro groups is 2. The minimum atomic E-state index is -3.08. The molecule has 6 aromatic rings. The summed E-state index contributed by atoms with van der Waals surface area (Å²) < 4.78 is 32.1. The molecule has 3 heterocycles. The summed E-state index contributed by atoms with van der Waals surface area (Å²) in [4.78, 5) is 69.4. The number of nitrogen functional groups attached to an aromatic ring is 1. The number of hydrogen-bond acceptors (Lipinski definition) is 20. The average Bonchev–Trinajstić information content (AvgIpc) is 3.67. The van der Waals surface area contributed by atoms with E-state index < -0.39 is 52.1 Å². The maximum absolute atomic E-state index is 13.7. The summed E-state index contributed by atoms with van der Waals surface area (Å²) in [6.07, 6.45) is 4.92. The summed E-state index contributed by atoms with van der Waals surface area (Å²) >= 11 is 5.00. The van der Waals surface area contributed by atoms with Crippen molar-refractivity contribution in [2.45, 2.75) is 34.2 Å². The molecule has 3 aromatic heterocycles. The van der Waals surface area contributed by atoms with Crippen LogP contribution in [0.1, 0.15) is 34.8 Å². The van der Waals surface area contributed by atoms with Crippen LogP contribution in [0.4, 0.5) is 44.2 Å². The Balaban J connectivity index is 0. The summed E-state index contributed by atoms with van der Waals surface area (Å²) in [5, 5.41) is 36.4. The molecule has 27 nitrogen and oxygen atoms in total. The van der Waals surface area contributed by atoms with Gasteiger partial charge in [0.2, 0.25) is 23.3 Å². The van der Waals surface area contributed by atoms with E-state index >= 15 is 0 Å². The Bertz CT molecular complexity index is 2960. The molecule has 3 aromatic carbocycles. The topological polar surface area (TPSA) is 372 Å². The number of amides is 2. The van der Waals surface area contributed by atoms with Gasteiger partial charge in [-0.3, -0.25) is 30.5 Å². The SMILES string of the molecule is C.C=CCCOc1cccnc1CN(C(=O)OCC)c1nc(OCC=C)nc(N=P(c2ccccc2)(c2ccccc2)c2ccccc2)c1[N+](=O)[O-].C=CCOc1nc(N)c([N+](=O)[O-])c(NC(=O)OCC)n1.N=N/N=N/N.[H-].[K+].[K][K].[K][K]. The van der Waals surface area contributed by atoms with Crippen molar-refractivity contribution < 1.29 is 95.9 Å². The molecule has 0 radical (unpaired) electrons. The number of nitrogens with zero attached hydrogens (tertiary/aromatic N) is 12. The first kappa shape index (κ1) is 80.1. The van der Waals surface area contributed by atoms with Gasteiger partial charge in [0.25, 0.3) is 0 Å². The normalized spacial score (nSPS) is 9.83. The number of ether oxygens (including phenoxy) is 5. The summed E-state index contributed by atoms with van der Waals surface area (Å²) in [6, 6.07) is 31.6. The van der Waals surface area contributed by atoms with E-state index in [0.29, 0.717) is 24.5 Å². The van der Waals surface area contributed by atoms with E-state index in [1.807, 2.05) is 91.0 Å². The number of anilines is 3. The average molecular weight is 1270 g/mol. The zero-order chi connectivity index (χ0) is 59.3. The molecular weight excluding hydrogens is 1220 g/mol. The summed E-state index contributed by atoms with van der Waals surface area (Å²) in [5.74, 6) is 3.25. The van der Waals surface area contributed by atoms with Crippen molar-refractivity contribution in [2.75, 3.05) is 49.0 Å². The Kier molecular flexibility index (Phi) is 46.2. The van der Waals surface area contributed by atoms with Crippen LogP contribution < -0.4 is 103 Å². The summed E-state index contributed by atoms with van der Waals surface area (Å²) in [6.45, 7) is 14.2.